The van der Waals surface area contributed by atoms with Gasteiger partial charge in [0.15, 0.2) is 0 Å². The molecule has 0 N–H and O–H groups in total. The van der Waals surface area contributed by atoms with Gasteiger partial charge in [-0.25, -0.2) is 4.79 Å². The van der Waals surface area contributed by atoms with E-state index in [-0.39, 0.29) is 0 Å². The van der Waals surface area contributed by atoms with Gasteiger partial charge in [-0.05, 0) is 68.5 Å². The van der Waals surface area contributed by atoms with Gasteiger partial charge in [-0.3, -0.25) is 8.51 Å². The first-order valence-electron chi connectivity index (χ1n) is 10.3. The molecule has 1 saturated heterocycles. The summed E-state index contributed by atoms with van der Waals surface area (Å²) in [5, 5.41) is 0. The predicted molar refractivity (Wildman–Crippen MR) is 119 cm³/mol. The van der Waals surface area contributed by atoms with E-state index >= 15 is 0 Å². The molecule has 1 aliphatic heterocycles. The zero-order valence-corrected chi connectivity index (χ0v) is 18.6. The number of rotatable bonds is 8. The number of nitrogens with zero attached hydrogens (tertiary/aromatic N) is 2. The highest BCUT2D eigenvalue weighted by Gasteiger charge is 2.23. The normalized spacial score (nSPS) is 18.7. The molecule has 1 heterocycles. The van der Waals surface area contributed by atoms with Crippen LogP contribution in [0.3, 0.4) is 0 Å². The Kier molecular flexibility index (Phi) is 7.64. The number of likely N-dealkylation sites (tertiary alicyclic amines) is 1. The first kappa shape index (κ1) is 22.5. The van der Waals surface area contributed by atoms with Gasteiger partial charge in [0.25, 0.3) is 0 Å². The molecule has 2 aromatic rings. The van der Waals surface area contributed by atoms with Gasteiger partial charge in [-0.15, -0.1) is 0 Å². The fourth-order valence-corrected chi connectivity index (χ4v) is 4.61. The van der Waals surface area contributed by atoms with Crippen LogP contribution >= 0.6 is 0 Å². The van der Waals surface area contributed by atoms with E-state index in [4.69, 9.17) is 0 Å². The molecule has 1 fully saturated rings. The van der Waals surface area contributed by atoms with Crippen molar-refractivity contribution in [3.63, 3.8) is 0 Å². The minimum absolute atomic E-state index is 0.418. The molecule has 6 nitrogen and oxygen atoms in total. The van der Waals surface area contributed by atoms with Crippen LogP contribution in [0.1, 0.15) is 32.3 Å². The Morgan fingerprint density at radius 3 is 2.30 bits per heavy atom. The second-order valence-corrected chi connectivity index (χ2v) is 8.59. The fraction of sp³-hybridized carbons (Fsp3) is 0.435. The third-order valence-corrected chi connectivity index (χ3v) is 6.69. The minimum Gasteiger partial charge on any atom is -0.755 e. The van der Waals surface area contributed by atoms with Crippen molar-refractivity contribution in [2.75, 3.05) is 24.5 Å². The number of methoxy groups -OCH3 is 1. The molecule has 0 radical (unpaired) electrons. The van der Waals surface area contributed by atoms with Crippen molar-refractivity contribution in [1.29, 1.82) is 0 Å². The van der Waals surface area contributed by atoms with Crippen molar-refractivity contribution in [1.82, 2.24) is 4.90 Å². The molecule has 30 heavy (non-hydrogen) atoms. The van der Waals surface area contributed by atoms with E-state index in [1.54, 1.807) is 12.1 Å². The summed E-state index contributed by atoms with van der Waals surface area (Å²) in [4.78, 5) is 14.3. The highest BCUT2D eigenvalue weighted by molar-refractivity contribution is 7.80. The summed E-state index contributed by atoms with van der Waals surface area (Å²) >= 11 is -2.59. The van der Waals surface area contributed by atoms with E-state index < -0.39 is 23.3 Å². The molecular formula is C23H29N2O4S-. The molecule has 0 aliphatic carbocycles. The third kappa shape index (κ3) is 5.28. The molecule has 0 bridgehead atoms. The summed E-state index contributed by atoms with van der Waals surface area (Å²) < 4.78 is 29.0. The minimum atomic E-state index is -2.59. The van der Waals surface area contributed by atoms with Gasteiger partial charge < -0.3 is 14.2 Å². The van der Waals surface area contributed by atoms with Gasteiger partial charge in [0.05, 0.1) is 7.11 Å². The van der Waals surface area contributed by atoms with Gasteiger partial charge in [0, 0.05) is 29.5 Å². The van der Waals surface area contributed by atoms with Crippen molar-refractivity contribution in [3.8, 4) is 11.1 Å². The number of carbonyl (C=O) groups excluding carboxylic acids is 1. The number of carbonyl (C=O) groups is 1. The van der Waals surface area contributed by atoms with Gasteiger partial charge in [0.2, 0.25) is 0 Å². The molecule has 0 spiro atoms. The first-order valence-corrected chi connectivity index (χ1v) is 11.3. The maximum atomic E-state index is 11.8. The SMILES string of the molecule is COC(=O)C(C)N(c1ccc(-c2ccc(CCN3CCCC3C)cc2)cc1)S(=O)[O-]. The quantitative estimate of drug-likeness (QED) is 0.474. The fourth-order valence-electron chi connectivity index (χ4n) is 3.97. The van der Waals surface area contributed by atoms with Crippen LogP contribution in [-0.2, 0) is 27.2 Å². The van der Waals surface area contributed by atoms with Crippen LogP contribution in [0.25, 0.3) is 11.1 Å². The maximum absolute atomic E-state index is 11.8. The molecular weight excluding hydrogens is 400 g/mol. The van der Waals surface area contributed by atoms with Gasteiger partial charge in [-0.1, -0.05) is 36.4 Å². The Hall–Kier alpha value is -2.22. The Morgan fingerprint density at radius 2 is 1.80 bits per heavy atom. The molecule has 0 aromatic heterocycles. The average Bonchev–Trinajstić information content (AvgIpc) is 3.17. The van der Waals surface area contributed by atoms with Crippen LogP contribution in [0.2, 0.25) is 0 Å². The molecule has 0 saturated carbocycles. The maximum Gasteiger partial charge on any atom is 0.329 e. The van der Waals surface area contributed by atoms with E-state index in [1.807, 2.05) is 12.1 Å². The van der Waals surface area contributed by atoms with E-state index in [1.165, 1.54) is 39.0 Å². The number of benzene rings is 2. The Labute approximate surface area is 181 Å². The summed E-state index contributed by atoms with van der Waals surface area (Å²) in [6, 6.07) is 15.4. The summed E-state index contributed by atoms with van der Waals surface area (Å²) in [6.07, 6.45) is 3.63. The standard InChI is InChI=1S/C23H30N2O4S/c1-17-5-4-15-24(17)16-14-19-6-8-20(9-7-19)21-10-12-22(13-11-21)25(30(27)28)18(2)23(26)29-3/h6-13,17-18H,4-5,14-16H2,1-3H3,(H,27,28)/p-1. The summed E-state index contributed by atoms with van der Waals surface area (Å²) in [7, 11) is 1.24. The third-order valence-electron chi connectivity index (χ3n) is 5.84. The molecule has 3 rings (SSSR count). The lowest BCUT2D eigenvalue weighted by atomic mass is 10.0. The smallest absolute Gasteiger partial charge is 0.329 e. The van der Waals surface area contributed by atoms with Crippen molar-refractivity contribution in [2.24, 2.45) is 0 Å². The van der Waals surface area contributed by atoms with Crippen LogP contribution < -0.4 is 4.31 Å². The average molecular weight is 430 g/mol. The zero-order chi connectivity index (χ0) is 21.7. The van der Waals surface area contributed by atoms with Crippen molar-refractivity contribution in [3.05, 3.63) is 54.1 Å². The Balaban J connectivity index is 1.68. The molecule has 3 atom stereocenters. The highest BCUT2D eigenvalue weighted by atomic mass is 32.2. The number of hydrogen-bond donors (Lipinski definition) is 0. The zero-order valence-electron chi connectivity index (χ0n) is 17.7. The molecule has 2 aromatic carbocycles. The summed E-state index contributed by atoms with van der Waals surface area (Å²) in [6.45, 7) is 6.09. The topological polar surface area (TPSA) is 72.9 Å². The van der Waals surface area contributed by atoms with Crippen LogP contribution in [-0.4, -0.2) is 51.9 Å². The van der Waals surface area contributed by atoms with Crippen LogP contribution in [0.5, 0.6) is 0 Å². The lowest BCUT2D eigenvalue weighted by Gasteiger charge is -2.30. The van der Waals surface area contributed by atoms with E-state index in [9.17, 15) is 13.6 Å². The van der Waals surface area contributed by atoms with Gasteiger partial charge >= 0.3 is 5.97 Å². The number of hydrogen-bond acceptors (Lipinski definition) is 5. The van der Waals surface area contributed by atoms with Gasteiger partial charge in [-0.2, -0.15) is 0 Å². The lowest BCUT2D eigenvalue weighted by molar-refractivity contribution is -0.141. The van der Waals surface area contributed by atoms with E-state index in [0.29, 0.717) is 11.7 Å². The van der Waals surface area contributed by atoms with Crippen molar-refractivity contribution < 1.29 is 18.3 Å². The predicted octanol–water partition coefficient (Wildman–Crippen LogP) is 3.54. The van der Waals surface area contributed by atoms with E-state index in [0.717, 1.165) is 28.4 Å². The second-order valence-electron chi connectivity index (χ2n) is 7.76. The van der Waals surface area contributed by atoms with E-state index in [2.05, 4.69) is 40.8 Å². The highest BCUT2D eigenvalue weighted by Crippen LogP contribution is 2.26. The second kappa shape index (κ2) is 10.2. The van der Waals surface area contributed by atoms with Crippen molar-refractivity contribution >= 4 is 22.9 Å². The number of anilines is 1. The monoisotopic (exact) mass is 429 g/mol. The van der Waals surface area contributed by atoms with Crippen LogP contribution in [0.4, 0.5) is 5.69 Å². The largest absolute Gasteiger partial charge is 0.755 e. The summed E-state index contributed by atoms with van der Waals surface area (Å²) in [5.74, 6) is -0.609. The van der Waals surface area contributed by atoms with Gasteiger partial charge in [0.1, 0.15) is 6.04 Å². The molecule has 1 aliphatic rings. The lowest BCUT2D eigenvalue weighted by Crippen LogP contribution is -2.40. The molecule has 3 unspecified atom stereocenters. The van der Waals surface area contributed by atoms with Crippen LogP contribution in [0, 0.1) is 0 Å². The Morgan fingerprint density at radius 1 is 1.20 bits per heavy atom. The van der Waals surface area contributed by atoms with Crippen molar-refractivity contribution in [2.45, 2.75) is 45.2 Å². The number of esters is 1. The van der Waals surface area contributed by atoms with Crippen LogP contribution in [0.15, 0.2) is 48.5 Å². The molecule has 7 heteroatoms. The summed E-state index contributed by atoms with van der Waals surface area (Å²) in [5.41, 5.74) is 3.78. The Bertz CT molecular complexity index is 870. The molecule has 162 valence electrons. The molecule has 0 amide bonds. The number of ether oxygens (including phenoxy) is 1. The first-order chi connectivity index (χ1) is 14.4.